The van der Waals surface area contributed by atoms with Crippen molar-refractivity contribution >= 4 is 12.0 Å². The number of rotatable bonds is 2. The molecule has 0 bridgehead atoms. The number of hydrogen-bond acceptors (Lipinski definition) is 2. The third kappa shape index (κ3) is 3.44. The van der Waals surface area contributed by atoms with E-state index in [1.54, 1.807) is 6.08 Å². The lowest BCUT2D eigenvalue weighted by atomic mass is 10.1. The maximum Gasteiger partial charge on any atom is 0.246 e. The van der Waals surface area contributed by atoms with Gasteiger partial charge in [0.05, 0.1) is 12.7 Å². The Bertz CT molecular complexity index is 454. The highest BCUT2D eigenvalue weighted by atomic mass is 16.5. The summed E-state index contributed by atoms with van der Waals surface area (Å²) in [6, 6.07) is 8.10. The van der Waals surface area contributed by atoms with Crippen LogP contribution >= 0.6 is 0 Å². The van der Waals surface area contributed by atoms with E-state index in [9.17, 15) is 4.79 Å². The molecule has 1 atom stereocenters. The topological polar surface area (TPSA) is 29.5 Å². The van der Waals surface area contributed by atoms with E-state index in [0.29, 0.717) is 19.7 Å². The maximum atomic E-state index is 12.0. The van der Waals surface area contributed by atoms with Gasteiger partial charge in [0.15, 0.2) is 0 Å². The second-order valence-corrected chi connectivity index (χ2v) is 4.71. The molecular weight excluding hydrogens is 226 g/mol. The zero-order valence-electron chi connectivity index (χ0n) is 10.9. The van der Waals surface area contributed by atoms with Gasteiger partial charge in [-0.3, -0.25) is 4.79 Å². The number of amides is 1. The van der Waals surface area contributed by atoms with Crippen molar-refractivity contribution in [2.24, 2.45) is 0 Å². The average Bonchev–Trinajstić information content (AvgIpc) is 2.36. The summed E-state index contributed by atoms with van der Waals surface area (Å²) in [6.45, 7) is 6.02. The minimum Gasteiger partial charge on any atom is -0.375 e. The molecule has 0 N–H and O–H groups in total. The van der Waals surface area contributed by atoms with Crippen LogP contribution in [0.5, 0.6) is 0 Å². The van der Waals surface area contributed by atoms with Crippen molar-refractivity contribution in [3.8, 4) is 0 Å². The van der Waals surface area contributed by atoms with Crippen molar-refractivity contribution in [2.45, 2.75) is 20.0 Å². The third-order valence-corrected chi connectivity index (χ3v) is 3.01. The van der Waals surface area contributed by atoms with Crippen LogP contribution in [0, 0.1) is 6.92 Å². The zero-order valence-corrected chi connectivity index (χ0v) is 10.9. The molecule has 0 aromatic heterocycles. The average molecular weight is 245 g/mol. The molecule has 2 rings (SSSR count). The van der Waals surface area contributed by atoms with Crippen LogP contribution in [-0.2, 0) is 9.53 Å². The van der Waals surface area contributed by atoms with Crippen LogP contribution < -0.4 is 0 Å². The minimum absolute atomic E-state index is 0.0617. The predicted octanol–water partition coefficient (Wildman–Crippen LogP) is 2.26. The van der Waals surface area contributed by atoms with Crippen LogP contribution in [0.1, 0.15) is 18.1 Å². The number of morpholine rings is 1. The Kier molecular flexibility index (Phi) is 4.15. The van der Waals surface area contributed by atoms with Crippen molar-refractivity contribution in [3.05, 3.63) is 41.5 Å². The third-order valence-electron chi connectivity index (χ3n) is 3.01. The van der Waals surface area contributed by atoms with Crippen molar-refractivity contribution < 1.29 is 9.53 Å². The second kappa shape index (κ2) is 5.83. The highest BCUT2D eigenvalue weighted by Gasteiger charge is 2.19. The van der Waals surface area contributed by atoms with Crippen molar-refractivity contribution in [2.75, 3.05) is 19.7 Å². The maximum absolute atomic E-state index is 12.0. The predicted molar refractivity (Wildman–Crippen MR) is 72.2 cm³/mol. The normalized spacial score (nSPS) is 20.3. The molecule has 1 heterocycles. The lowest BCUT2D eigenvalue weighted by Gasteiger charge is -2.30. The molecule has 1 aromatic carbocycles. The van der Waals surface area contributed by atoms with E-state index in [2.05, 4.69) is 6.07 Å². The largest absolute Gasteiger partial charge is 0.375 e. The van der Waals surface area contributed by atoms with Crippen molar-refractivity contribution in [1.29, 1.82) is 0 Å². The molecule has 1 fully saturated rings. The summed E-state index contributed by atoms with van der Waals surface area (Å²) in [5.41, 5.74) is 2.26. The van der Waals surface area contributed by atoms with Gasteiger partial charge in [0.25, 0.3) is 0 Å². The molecule has 0 aliphatic carbocycles. The molecule has 1 unspecified atom stereocenters. The van der Waals surface area contributed by atoms with Crippen LogP contribution in [0.4, 0.5) is 0 Å². The quantitative estimate of drug-likeness (QED) is 0.748. The smallest absolute Gasteiger partial charge is 0.246 e. The van der Waals surface area contributed by atoms with E-state index < -0.39 is 0 Å². The van der Waals surface area contributed by atoms with E-state index in [0.717, 1.165) is 5.56 Å². The van der Waals surface area contributed by atoms with Crippen LogP contribution in [0.2, 0.25) is 0 Å². The number of nitrogens with zero attached hydrogens (tertiary/aromatic N) is 1. The van der Waals surface area contributed by atoms with Gasteiger partial charge in [0.1, 0.15) is 0 Å². The molecular formula is C15H19NO2. The molecule has 3 heteroatoms. The SMILES string of the molecule is Cc1cccc(/C=C/C(=O)N2CCOC(C)C2)c1. The molecule has 96 valence electrons. The lowest BCUT2D eigenvalue weighted by molar-refractivity contribution is -0.132. The molecule has 0 spiro atoms. The van der Waals surface area contributed by atoms with Gasteiger partial charge in [-0.05, 0) is 25.5 Å². The summed E-state index contributed by atoms with van der Waals surface area (Å²) in [4.78, 5) is 13.8. The molecule has 1 amide bonds. The first-order chi connectivity index (χ1) is 8.65. The van der Waals surface area contributed by atoms with Crippen LogP contribution in [-0.4, -0.2) is 36.6 Å². The van der Waals surface area contributed by atoms with E-state index in [-0.39, 0.29) is 12.0 Å². The first-order valence-corrected chi connectivity index (χ1v) is 6.30. The van der Waals surface area contributed by atoms with E-state index >= 15 is 0 Å². The first kappa shape index (κ1) is 12.8. The number of benzene rings is 1. The van der Waals surface area contributed by atoms with Crippen molar-refractivity contribution in [3.63, 3.8) is 0 Å². The Morgan fingerprint density at radius 3 is 3.06 bits per heavy atom. The summed E-state index contributed by atoms with van der Waals surface area (Å²) >= 11 is 0. The van der Waals surface area contributed by atoms with E-state index in [1.165, 1.54) is 5.56 Å². The number of carbonyl (C=O) groups excluding carboxylic acids is 1. The van der Waals surface area contributed by atoms with Gasteiger partial charge in [-0.2, -0.15) is 0 Å². The second-order valence-electron chi connectivity index (χ2n) is 4.71. The Labute approximate surface area is 108 Å². The fraction of sp³-hybridized carbons (Fsp3) is 0.400. The molecule has 1 aliphatic heterocycles. The Hall–Kier alpha value is -1.61. The Morgan fingerprint density at radius 2 is 2.33 bits per heavy atom. The van der Waals surface area contributed by atoms with Gasteiger partial charge in [0.2, 0.25) is 5.91 Å². The minimum atomic E-state index is 0.0617. The lowest BCUT2D eigenvalue weighted by Crippen LogP contribution is -2.43. The first-order valence-electron chi connectivity index (χ1n) is 6.30. The number of ether oxygens (including phenoxy) is 1. The number of hydrogen-bond donors (Lipinski definition) is 0. The summed E-state index contributed by atoms with van der Waals surface area (Å²) in [7, 11) is 0. The van der Waals surface area contributed by atoms with Gasteiger partial charge in [-0.1, -0.05) is 29.8 Å². The fourth-order valence-corrected chi connectivity index (χ4v) is 2.07. The molecule has 1 saturated heterocycles. The van der Waals surface area contributed by atoms with E-state index in [1.807, 2.05) is 43.0 Å². The highest BCUT2D eigenvalue weighted by Crippen LogP contribution is 2.08. The Balaban J connectivity index is 1.98. The molecule has 1 aliphatic rings. The van der Waals surface area contributed by atoms with Crippen molar-refractivity contribution in [1.82, 2.24) is 4.90 Å². The van der Waals surface area contributed by atoms with Gasteiger partial charge in [0, 0.05) is 19.2 Å². The molecule has 18 heavy (non-hydrogen) atoms. The summed E-state index contributed by atoms with van der Waals surface area (Å²) in [5, 5.41) is 0. The van der Waals surface area contributed by atoms with E-state index in [4.69, 9.17) is 4.74 Å². The van der Waals surface area contributed by atoms with Crippen LogP contribution in [0.25, 0.3) is 6.08 Å². The fourth-order valence-electron chi connectivity index (χ4n) is 2.07. The monoisotopic (exact) mass is 245 g/mol. The molecule has 0 saturated carbocycles. The standard InChI is InChI=1S/C15H19NO2/c1-12-4-3-5-14(10-12)6-7-15(17)16-8-9-18-13(2)11-16/h3-7,10,13H,8-9,11H2,1-2H3/b7-6+. The molecule has 0 radical (unpaired) electrons. The number of carbonyl (C=O) groups is 1. The number of aryl methyl sites for hydroxylation is 1. The van der Waals surface area contributed by atoms with Crippen LogP contribution in [0.3, 0.4) is 0 Å². The summed E-state index contributed by atoms with van der Waals surface area (Å²) in [6.07, 6.45) is 3.65. The zero-order chi connectivity index (χ0) is 13.0. The van der Waals surface area contributed by atoms with Gasteiger partial charge >= 0.3 is 0 Å². The molecule has 1 aromatic rings. The van der Waals surface area contributed by atoms with Gasteiger partial charge in [-0.25, -0.2) is 0 Å². The van der Waals surface area contributed by atoms with Gasteiger partial charge in [-0.15, -0.1) is 0 Å². The summed E-state index contributed by atoms with van der Waals surface area (Å²) in [5.74, 6) is 0.0617. The summed E-state index contributed by atoms with van der Waals surface area (Å²) < 4.78 is 5.42. The molecule has 3 nitrogen and oxygen atoms in total. The van der Waals surface area contributed by atoms with Gasteiger partial charge < -0.3 is 9.64 Å². The van der Waals surface area contributed by atoms with Crippen LogP contribution in [0.15, 0.2) is 30.3 Å². The highest BCUT2D eigenvalue weighted by molar-refractivity contribution is 5.91. The Morgan fingerprint density at radius 1 is 1.50 bits per heavy atom.